The van der Waals surface area contributed by atoms with Gasteiger partial charge in [-0.3, -0.25) is 4.90 Å². The van der Waals surface area contributed by atoms with Crippen molar-refractivity contribution in [1.29, 1.82) is 0 Å². The van der Waals surface area contributed by atoms with E-state index < -0.39 is 0 Å². The molecule has 1 unspecified atom stereocenters. The number of ether oxygens (including phenoxy) is 1. The Morgan fingerprint density at radius 3 is 2.65 bits per heavy atom. The van der Waals surface area contributed by atoms with Crippen molar-refractivity contribution in [3.8, 4) is 11.3 Å². The van der Waals surface area contributed by atoms with Gasteiger partial charge < -0.3 is 9.15 Å². The molecule has 0 aliphatic carbocycles. The number of morpholine rings is 1. The van der Waals surface area contributed by atoms with Gasteiger partial charge in [-0.25, -0.2) is 9.37 Å². The summed E-state index contributed by atoms with van der Waals surface area (Å²) in [5.41, 5.74) is 1.92. The summed E-state index contributed by atoms with van der Waals surface area (Å²) in [7, 11) is 0. The second-order valence-corrected chi connectivity index (χ2v) is 6.71. The minimum atomic E-state index is -0.240. The molecule has 0 radical (unpaired) electrons. The van der Waals surface area contributed by atoms with Gasteiger partial charge in [-0.1, -0.05) is 23.7 Å². The number of oxazole rings is 1. The third-order valence-electron chi connectivity index (χ3n) is 4.43. The summed E-state index contributed by atoms with van der Waals surface area (Å²) < 4.78 is 24.8. The van der Waals surface area contributed by atoms with Gasteiger partial charge in [0.15, 0.2) is 5.76 Å². The van der Waals surface area contributed by atoms with E-state index >= 15 is 0 Å². The van der Waals surface area contributed by atoms with E-state index in [1.54, 1.807) is 18.3 Å². The number of benzene rings is 2. The van der Waals surface area contributed by atoms with Crippen molar-refractivity contribution in [2.24, 2.45) is 0 Å². The maximum atomic E-state index is 13.1. The molecular formula is C20H18ClFN2O2. The molecule has 3 aromatic rings. The second kappa shape index (κ2) is 7.58. The van der Waals surface area contributed by atoms with E-state index in [4.69, 9.17) is 20.8 Å². The van der Waals surface area contributed by atoms with Crippen LogP contribution in [-0.4, -0.2) is 29.6 Å². The molecule has 2 heterocycles. The van der Waals surface area contributed by atoms with Crippen LogP contribution in [0.15, 0.2) is 59.1 Å². The van der Waals surface area contributed by atoms with Gasteiger partial charge in [0.05, 0.1) is 25.5 Å². The fraction of sp³-hybridized carbons (Fsp3) is 0.250. The molecule has 1 saturated heterocycles. The smallest absolute Gasteiger partial charge is 0.209 e. The lowest BCUT2D eigenvalue weighted by Gasteiger charge is -2.32. The molecule has 0 amide bonds. The van der Waals surface area contributed by atoms with Crippen LogP contribution in [0.2, 0.25) is 5.02 Å². The molecule has 1 aliphatic heterocycles. The Balaban J connectivity index is 1.42. The van der Waals surface area contributed by atoms with Crippen LogP contribution in [0.1, 0.15) is 17.6 Å². The van der Waals surface area contributed by atoms with Crippen molar-refractivity contribution in [2.75, 3.05) is 19.7 Å². The predicted molar refractivity (Wildman–Crippen MR) is 97.3 cm³/mol. The minimum Gasteiger partial charge on any atom is -0.439 e. The Kier molecular flexibility index (Phi) is 5.02. The number of halogens is 2. The zero-order chi connectivity index (χ0) is 17.9. The maximum absolute atomic E-state index is 13.1. The first kappa shape index (κ1) is 17.2. The van der Waals surface area contributed by atoms with E-state index in [2.05, 4.69) is 9.88 Å². The SMILES string of the molecule is Fc1ccc(C2CN(Cc3ncc(-c4ccc(Cl)cc4)o3)CCO2)cc1. The first-order valence-electron chi connectivity index (χ1n) is 8.47. The molecule has 1 aromatic heterocycles. The highest BCUT2D eigenvalue weighted by Gasteiger charge is 2.23. The zero-order valence-electron chi connectivity index (χ0n) is 14.1. The molecule has 134 valence electrons. The molecule has 1 fully saturated rings. The lowest BCUT2D eigenvalue weighted by atomic mass is 10.1. The molecule has 4 rings (SSSR count). The lowest BCUT2D eigenvalue weighted by Crippen LogP contribution is -2.37. The first-order valence-corrected chi connectivity index (χ1v) is 8.85. The van der Waals surface area contributed by atoms with Gasteiger partial charge in [-0.15, -0.1) is 0 Å². The lowest BCUT2D eigenvalue weighted by molar-refractivity contribution is -0.0351. The fourth-order valence-electron chi connectivity index (χ4n) is 3.05. The quantitative estimate of drug-likeness (QED) is 0.665. The van der Waals surface area contributed by atoms with Crippen molar-refractivity contribution in [1.82, 2.24) is 9.88 Å². The molecule has 2 aromatic carbocycles. The second-order valence-electron chi connectivity index (χ2n) is 6.27. The molecule has 1 atom stereocenters. The maximum Gasteiger partial charge on any atom is 0.209 e. The third kappa shape index (κ3) is 3.96. The largest absolute Gasteiger partial charge is 0.439 e. The minimum absolute atomic E-state index is 0.0740. The molecule has 0 N–H and O–H groups in total. The summed E-state index contributed by atoms with van der Waals surface area (Å²) in [6.07, 6.45) is 1.66. The summed E-state index contributed by atoms with van der Waals surface area (Å²) in [6.45, 7) is 2.74. The van der Waals surface area contributed by atoms with E-state index in [-0.39, 0.29) is 11.9 Å². The van der Waals surface area contributed by atoms with Crippen molar-refractivity contribution in [3.05, 3.63) is 77.0 Å². The van der Waals surface area contributed by atoms with E-state index in [9.17, 15) is 4.39 Å². The summed E-state index contributed by atoms with van der Waals surface area (Å²) in [6, 6.07) is 13.9. The zero-order valence-corrected chi connectivity index (χ0v) is 14.8. The fourth-order valence-corrected chi connectivity index (χ4v) is 3.17. The topological polar surface area (TPSA) is 38.5 Å². The number of aromatic nitrogens is 1. The highest BCUT2D eigenvalue weighted by molar-refractivity contribution is 6.30. The third-order valence-corrected chi connectivity index (χ3v) is 4.69. The number of hydrogen-bond donors (Lipinski definition) is 0. The average Bonchev–Trinajstić information content (AvgIpc) is 3.11. The predicted octanol–water partition coefficient (Wildman–Crippen LogP) is 4.71. The first-order chi connectivity index (χ1) is 12.7. The van der Waals surface area contributed by atoms with Crippen LogP contribution in [0, 0.1) is 5.82 Å². The van der Waals surface area contributed by atoms with Crippen LogP contribution in [0.4, 0.5) is 4.39 Å². The molecule has 0 bridgehead atoms. The van der Waals surface area contributed by atoms with Crippen LogP contribution in [0.25, 0.3) is 11.3 Å². The number of rotatable bonds is 4. The Hall–Kier alpha value is -2.21. The standard InChI is InChI=1S/C20H18ClFN2O2/c21-16-5-1-14(2-6-16)18-11-23-20(26-18)13-24-9-10-25-19(12-24)15-3-7-17(22)8-4-15/h1-8,11,19H,9-10,12-13H2. The Morgan fingerprint density at radius 1 is 1.12 bits per heavy atom. The van der Waals surface area contributed by atoms with E-state index in [0.717, 1.165) is 23.4 Å². The summed E-state index contributed by atoms with van der Waals surface area (Å²) in [5.74, 6) is 1.14. The van der Waals surface area contributed by atoms with Crippen LogP contribution < -0.4 is 0 Å². The molecule has 4 nitrogen and oxygen atoms in total. The highest BCUT2D eigenvalue weighted by Crippen LogP contribution is 2.25. The molecule has 0 spiro atoms. The van der Waals surface area contributed by atoms with Crippen molar-refractivity contribution >= 4 is 11.6 Å². The monoisotopic (exact) mass is 372 g/mol. The summed E-state index contributed by atoms with van der Waals surface area (Å²) >= 11 is 5.92. The molecule has 26 heavy (non-hydrogen) atoms. The van der Waals surface area contributed by atoms with Gasteiger partial charge in [0.2, 0.25) is 5.89 Å². The van der Waals surface area contributed by atoms with Gasteiger partial charge in [-0.05, 0) is 42.0 Å². The summed E-state index contributed by atoms with van der Waals surface area (Å²) in [5, 5.41) is 0.689. The van der Waals surface area contributed by atoms with Crippen LogP contribution in [0.5, 0.6) is 0 Å². The van der Waals surface area contributed by atoms with Gasteiger partial charge >= 0.3 is 0 Å². The van der Waals surface area contributed by atoms with Crippen LogP contribution >= 0.6 is 11.6 Å². The van der Waals surface area contributed by atoms with Gasteiger partial charge in [0, 0.05) is 23.7 Å². The van der Waals surface area contributed by atoms with E-state index in [0.29, 0.717) is 30.6 Å². The Bertz CT molecular complexity index is 864. The molecule has 6 heteroatoms. The van der Waals surface area contributed by atoms with Gasteiger partial charge in [0.1, 0.15) is 5.82 Å². The van der Waals surface area contributed by atoms with Crippen molar-refractivity contribution in [2.45, 2.75) is 12.6 Å². The normalized spacial score (nSPS) is 18.2. The van der Waals surface area contributed by atoms with Crippen LogP contribution in [-0.2, 0) is 11.3 Å². The molecule has 1 aliphatic rings. The van der Waals surface area contributed by atoms with Crippen molar-refractivity contribution in [3.63, 3.8) is 0 Å². The van der Waals surface area contributed by atoms with Gasteiger partial charge in [-0.2, -0.15) is 0 Å². The molecular weight excluding hydrogens is 355 g/mol. The van der Waals surface area contributed by atoms with Crippen molar-refractivity contribution < 1.29 is 13.5 Å². The van der Waals surface area contributed by atoms with Gasteiger partial charge in [0.25, 0.3) is 0 Å². The van der Waals surface area contributed by atoms with Crippen LogP contribution in [0.3, 0.4) is 0 Å². The van der Waals surface area contributed by atoms with E-state index in [1.807, 2.05) is 24.3 Å². The highest BCUT2D eigenvalue weighted by atomic mass is 35.5. The number of hydrogen-bond acceptors (Lipinski definition) is 4. The Labute approximate surface area is 156 Å². The summed E-state index contributed by atoms with van der Waals surface area (Å²) in [4.78, 5) is 6.62. The Morgan fingerprint density at radius 2 is 1.88 bits per heavy atom. The number of nitrogens with zero attached hydrogens (tertiary/aromatic N) is 2. The van der Waals surface area contributed by atoms with E-state index in [1.165, 1.54) is 12.1 Å². The molecule has 0 saturated carbocycles. The average molecular weight is 373 g/mol.